The second-order valence-electron chi connectivity index (χ2n) is 6.35. The van der Waals surface area contributed by atoms with Gasteiger partial charge in [0, 0.05) is 12.1 Å². The van der Waals surface area contributed by atoms with Crippen LogP contribution in [-0.2, 0) is 0 Å². The van der Waals surface area contributed by atoms with E-state index in [0.29, 0.717) is 12.1 Å². The van der Waals surface area contributed by atoms with Crippen molar-refractivity contribution in [2.45, 2.75) is 59.0 Å². The minimum atomic E-state index is 0.413. The van der Waals surface area contributed by atoms with Gasteiger partial charge >= 0.3 is 0 Å². The molecule has 1 N–H and O–H groups in total. The average Bonchev–Trinajstić information content (AvgIpc) is 2.44. The van der Waals surface area contributed by atoms with Crippen LogP contribution >= 0.6 is 0 Å². The van der Waals surface area contributed by atoms with Gasteiger partial charge in [0.15, 0.2) is 0 Å². The highest BCUT2D eigenvalue weighted by molar-refractivity contribution is 5.29. The van der Waals surface area contributed by atoms with Gasteiger partial charge < -0.3 is 10.1 Å². The number of benzene rings is 1. The maximum Gasteiger partial charge on any atom is 0.119 e. The lowest BCUT2D eigenvalue weighted by Gasteiger charge is -2.34. The zero-order valence-electron chi connectivity index (χ0n) is 13.4. The van der Waals surface area contributed by atoms with E-state index in [4.69, 9.17) is 4.74 Å². The molecular weight excluding hydrogens is 246 g/mol. The van der Waals surface area contributed by atoms with Gasteiger partial charge in [-0.1, -0.05) is 26.0 Å². The van der Waals surface area contributed by atoms with E-state index in [1.54, 1.807) is 0 Å². The van der Waals surface area contributed by atoms with Crippen LogP contribution in [0.15, 0.2) is 24.3 Å². The van der Waals surface area contributed by atoms with E-state index in [2.05, 4.69) is 50.4 Å². The summed E-state index contributed by atoms with van der Waals surface area (Å²) in [6, 6.07) is 9.58. The third-order valence-corrected chi connectivity index (χ3v) is 4.77. The first-order valence-electron chi connectivity index (χ1n) is 8.09. The summed E-state index contributed by atoms with van der Waals surface area (Å²) in [5, 5.41) is 3.80. The highest BCUT2D eigenvalue weighted by atomic mass is 16.5. The first kappa shape index (κ1) is 15.4. The molecule has 0 bridgehead atoms. The van der Waals surface area contributed by atoms with Crippen LogP contribution in [-0.4, -0.2) is 12.6 Å². The Morgan fingerprint density at radius 1 is 1.15 bits per heavy atom. The Morgan fingerprint density at radius 3 is 2.45 bits per heavy atom. The van der Waals surface area contributed by atoms with Crippen LogP contribution in [0.2, 0.25) is 0 Å². The molecule has 1 aromatic rings. The normalized spacial score (nSPS) is 28.1. The minimum absolute atomic E-state index is 0.413. The number of nitrogens with one attached hydrogen (secondary N) is 1. The lowest BCUT2D eigenvalue weighted by Crippen LogP contribution is -2.37. The maximum atomic E-state index is 5.50. The number of ether oxygens (including phenoxy) is 1. The second-order valence-corrected chi connectivity index (χ2v) is 6.35. The summed E-state index contributed by atoms with van der Waals surface area (Å²) in [5.41, 5.74) is 1.35. The molecule has 2 nitrogen and oxygen atoms in total. The number of rotatable bonds is 5. The zero-order chi connectivity index (χ0) is 14.5. The van der Waals surface area contributed by atoms with Crippen molar-refractivity contribution in [3.63, 3.8) is 0 Å². The van der Waals surface area contributed by atoms with Crippen LogP contribution in [0, 0.1) is 11.8 Å². The number of hydrogen-bond acceptors (Lipinski definition) is 2. The van der Waals surface area contributed by atoms with Crippen molar-refractivity contribution in [3.8, 4) is 5.75 Å². The molecule has 0 amide bonds. The van der Waals surface area contributed by atoms with Gasteiger partial charge in [-0.15, -0.1) is 0 Å². The van der Waals surface area contributed by atoms with E-state index >= 15 is 0 Å². The van der Waals surface area contributed by atoms with Gasteiger partial charge in [-0.25, -0.2) is 0 Å². The molecule has 0 heterocycles. The molecule has 1 aromatic carbocycles. The molecule has 4 unspecified atom stereocenters. The van der Waals surface area contributed by atoms with Gasteiger partial charge in [-0.05, 0) is 62.6 Å². The summed E-state index contributed by atoms with van der Waals surface area (Å²) in [7, 11) is 0. The largest absolute Gasteiger partial charge is 0.494 e. The zero-order valence-corrected chi connectivity index (χ0v) is 13.4. The van der Waals surface area contributed by atoms with E-state index in [1.807, 2.05) is 6.92 Å². The van der Waals surface area contributed by atoms with E-state index in [0.717, 1.165) is 24.2 Å². The van der Waals surface area contributed by atoms with Crippen LogP contribution in [0.25, 0.3) is 0 Å². The highest BCUT2D eigenvalue weighted by Gasteiger charge is 2.25. The Morgan fingerprint density at radius 2 is 1.85 bits per heavy atom. The molecule has 1 aliphatic rings. The molecular formula is C18H29NO. The van der Waals surface area contributed by atoms with Crippen molar-refractivity contribution in [2.24, 2.45) is 11.8 Å². The van der Waals surface area contributed by atoms with Crippen molar-refractivity contribution in [3.05, 3.63) is 29.8 Å². The predicted octanol–water partition coefficient (Wildman–Crippen LogP) is 4.56. The van der Waals surface area contributed by atoms with Crippen molar-refractivity contribution < 1.29 is 4.74 Å². The van der Waals surface area contributed by atoms with E-state index in [1.165, 1.54) is 24.8 Å². The Balaban J connectivity index is 1.89. The predicted molar refractivity (Wildman–Crippen MR) is 85.1 cm³/mol. The summed E-state index contributed by atoms with van der Waals surface area (Å²) in [6.07, 6.45) is 3.98. The summed E-state index contributed by atoms with van der Waals surface area (Å²) in [4.78, 5) is 0. The molecule has 1 fully saturated rings. The fourth-order valence-corrected chi connectivity index (χ4v) is 3.17. The Bertz CT molecular complexity index is 400. The summed E-state index contributed by atoms with van der Waals surface area (Å²) in [5.74, 6) is 2.69. The van der Waals surface area contributed by atoms with Gasteiger partial charge in [0.25, 0.3) is 0 Å². The summed E-state index contributed by atoms with van der Waals surface area (Å²) < 4.78 is 5.50. The third kappa shape index (κ3) is 3.99. The minimum Gasteiger partial charge on any atom is -0.494 e. The molecule has 20 heavy (non-hydrogen) atoms. The standard InChI is InChI=1S/C18H29NO/c1-5-20-18-10-7-16(8-11-18)15(4)19-17-9-6-13(2)14(3)12-17/h7-8,10-11,13-15,17,19H,5-6,9,12H2,1-4H3. The van der Waals surface area contributed by atoms with Crippen LogP contribution in [0.1, 0.15) is 58.6 Å². The lowest BCUT2D eigenvalue weighted by atomic mass is 9.79. The van der Waals surface area contributed by atoms with E-state index in [9.17, 15) is 0 Å². The van der Waals surface area contributed by atoms with Crippen LogP contribution in [0.3, 0.4) is 0 Å². The second kappa shape index (κ2) is 7.12. The van der Waals surface area contributed by atoms with Crippen LogP contribution in [0.4, 0.5) is 0 Å². The summed E-state index contributed by atoms with van der Waals surface area (Å²) in [6.45, 7) is 9.78. The van der Waals surface area contributed by atoms with Gasteiger partial charge in [0.1, 0.15) is 5.75 Å². The molecule has 112 valence electrons. The molecule has 0 radical (unpaired) electrons. The quantitative estimate of drug-likeness (QED) is 0.850. The Hall–Kier alpha value is -1.02. The SMILES string of the molecule is CCOc1ccc(C(C)NC2CCC(C)C(C)C2)cc1. The van der Waals surface area contributed by atoms with Crippen LogP contribution < -0.4 is 10.1 Å². The molecule has 0 aromatic heterocycles. The Labute approximate surface area is 123 Å². The van der Waals surface area contributed by atoms with Gasteiger partial charge in [0.05, 0.1) is 6.61 Å². The molecule has 0 spiro atoms. The molecule has 2 heteroatoms. The highest BCUT2D eigenvalue weighted by Crippen LogP contribution is 2.30. The first-order chi connectivity index (χ1) is 9.60. The van der Waals surface area contributed by atoms with E-state index < -0.39 is 0 Å². The molecule has 0 saturated heterocycles. The van der Waals surface area contributed by atoms with Crippen molar-refractivity contribution in [2.75, 3.05) is 6.61 Å². The molecule has 1 saturated carbocycles. The van der Waals surface area contributed by atoms with Gasteiger partial charge in [-0.2, -0.15) is 0 Å². The average molecular weight is 275 g/mol. The smallest absolute Gasteiger partial charge is 0.119 e. The maximum absolute atomic E-state index is 5.50. The van der Waals surface area contributed by atoms with Crippen LogP contribution in [0.5, 0.6) is 5.75 Å². The first-order valence-corrected chi connectivity index (χ1v) is 8.09. The molecule has 4 atom stereocenters. The molecule has 0 aliphatic heterocycles. The monoisotopic (exact) mass is 275 g/mol. The van der Waals surface area contributed by atoms with Crippen molar-refractivity contribution >= 4 is 0 Å². The van der Waals surface area contributed by atoms with Crippen molar-refractivity contribution in [1.29, 1.82) is 0 Å². The topological polar surface area (TPSA) is 21.3 Å². The lowest BCUT2D eigenvalue weighted by molar-refractivity contribution is 0.217. The fourth-order valence-electron chi connectivity index (χ4n) is 3.17. The van der Waals surface area contributed by atoms with Gasteiger partial charge in [0.2, 0.25) is 0 Å². The van der Waals surface area contributed by atoms with E-state index in [-0.39, 0.29) is 0 Å². The number of hydrogen-bond donors (Lipinski definition) is 1. The van der Waals surface area contributed by atoms with Gasteiger partial charge in [-0.3, -0.25) is 0 Å². The van der Waals surface area contributed by atoms with Crippen molar-refractivity contribution in [1.82, 2.24) is 5.32 Å². The molecule has 1 aliphatic carbocycles. The molecule has 2 rings (SSSR count). The third-order valence-electron chi connectivity index (χ3n) is 4.77. The fraction of sp³-hybridized carbons (Fsp3) is 0.667. The Kier molecular flexibility index (Phi) is 5.47. The summed E-state index contributed by atoms with van der Waals surface area (Å²) >= 11 is 0.